The molecule has 2 aromatic rings. The van der Waals surface area contributed by atoms with Crippen LogP contribution >= 0.6 is 11.6 Å². The van der Waals surface area contributed by atoms with E-state index in [0.717, 1.165) is 29.0 Å². The normalized spacial score (nSPS) is 15.0. The number of hydrogen-bond donors (Lipinski definition) is 2. The molecule has 1 aliphatic rings. The Morgan fingerprint density at radius 2 is 2.04 bits per heavy atom. The van der Waals surface area contributed by atoms with Crippen LogP contribution in [0, 0.1) is 13.8 Å². The molecule has 2 N–H and O–H groups in total. The summed E-state index contributed by atoms with van der Waals surface area (Å²) in [6.07, 6.45) is 2.39. The fourth-order valence-electron chi connectivity index (χ4n) is 2.71. The van der Waals surface area contributed by atoms with Crippen LogP contribution in [0.5, 0.6) is 0 Å². The smallest absolute Gasteiger partial charge is 0.335 e. The number of aryl methyl sites for hydroxylation is 2. The maximum Gasteiger partial charge on any atom is 0.335 e. The molecule has 1 unspecified atom stereocenters. The average Bonchev–Trinajstić information content (AvgIpc) is 2.96. The van der Waals surface area contributed by atoms with Crippen molar-refractivity contribution < 1.29 is 14.7 Å². The molecule has 5 heteroatoms. The molecule has 2 aromatic carbocycles. The fourth-order valence-corrected chi connectivity index (χ4v) is 2.93. The van der Waals surface area contributed by atoms with Crippen molar-refractivity contribution in [1.82, 2.24) is 5.32 Å². The van der Waals surface area contributed by atoms with Crippen LogP contribution < -0.4 is 5.32 Å². The van der Waals surface area contributed by atoms with Gasteiger partial charge in [0.15, 0.2) is 0 Å². The highest BCUT2D eigenvalue weighted by Crippen LogP contribution is 2.31. The van der Waals surface area contributed by atoms with Crippen LogP contribution in [-0.4, -0.2) is 17.5 Å². The van der Waals surface area contributed by atoms with Crippen LogP contribution in [0.3, 0.4) is 0 Å². The van der Waals surface area contributed by atoms with Gasteiger partial charge in [0.25, 0.3) is 0 Å². The van der Waals surface area contributed by atoms with Gasteiger partial charge in [-0.05, 0) is 67.1 Å². The molecule has 0 saturated carbocycles. The Morgan fingerprint density at radius 3 is 2.62 bits per heavy atom. The third kappa shape index (κ3) is 4.15. The van der Waals surface area contributed by atoms with Gasteiger partial charge in [0, 0.05) is 5.02 Å². The van der Waals surface area contributed by atoms with Crippen LogP contribution in [0.15, 0.2) is 36.4 Å². The lowest BCUT2D eigenvalue weighted by atomic mass is 10.0. The maximum atomic E-state index is 10.8. The summed E-state index contributed by atoms with van der Waals surface area (Å²) >= 11 is 5.81. The zero-order valence-electron chi connectivity index (χ0n) is 13.7. The summed E-state index contributed by atoms with van der Waals surface area (Å²) in [6.45, 7) is 4.08. The molecule has 3 rings (SSSR count). The fraction of sp³-hybridized carbons (Fsp3) is 0.263. The topological polar surface area (TPSA) is 66.4 Å². The molecular weight excluding hydrogens is 326 g/mol. The first-order chi connectivity index (χ1) is 11.4. The first kappa shape index (κ1) is 18.0. The molecule has 1 atom stereocenters. The van der Waals surface area contributed by atoms with Gasteiger partial charge in [-0.2, -0.15) is 0 Å². The van der Waals surface area contributed by atoms with Crippen LogP contribution in [0.1, 0.15) is 45.1 Å². The lowest BCUT2D eigenvalue weighted by Crippen LogP contribution is -2.17. The van der Waals surface area contributed by atoms with E-state index in [1.54, 1.807) is 12.1 Å². The van der Waals surface area contributed by atoms with E-state index in [2.05, 4.69) is 18.3 Å². The number of halogens is 1. The summed E-state index contributed by atoms with van der Waals surface area (Å²) in [5.74, 6) is -0.936. The zero-order chi connectivity index (χ0) is 17.7. The number of aromatic carboxylic acids is 1. The number of benzene rings is 2. The maximum absolute atomic E-state index is 10.8. The highest BCUT2D eigenvalue weighted by Gasteiger charge is 2.22. The van der Waals surface area contributed by atoms with Gasteiger partial charge in [-0.25, -0.2) is 4.79 Å². The second-order valence-electron chi connectivity index (χ2n) is 5.78. The Labute approximate surface area is 146 Å². The summed E-state index contributed by atoms with van der Waals surface area (Å²) in [7, 11) is 0. The first-order valence-corrected chi connectivity index (χ1v) is 8.09. The number of carboxylic acid groups (broad SMARTS) is 1. The van der Waals surface area contributed by atoms with Gasteiger partial charge >= 0.3 is 5.97 Å². The van der Waals surface area contributed by atoms with Crippen molar-refractivity contribution in [2.24, 2.45) is 0 Å². The standard InChI is InChI=1S/C11H11NO3.C8H9Cl/c13-6-12-10-4-3-7-1-2-8(11(14)15)5-9(7)10;1-6-4-3-5-8(9)7(6)2/h1-2,5-6,10H,3-4H2,(H,12,13)(H,14,15);3-5H,1-2H3. The van der Waals surface area contributed by atoms with Crippen molar-refractivity contribution in [3.63, 3.8) is 0 Å². The zero-order valence-corrected chi connectivity index (χ0v) is 14.4. The Balaban J connectivity index is 0.000000198. The van der Waals surface area contributed by atoms with E-state index in [1.807, 2.05) is 25.1 Å². The molecule has 1 amide bonds. The van der Waals surface area contributed by atoms with Crippen molar-refractivity contribution in [2.45, 2.75) is 32.7 Å². The van der Waals surface area contributed by atoms with E-state index < -0.39 is 5.97 Å². The molecule has 0 aromatic heterocycles. The van der Waals surface area contributed by atoms with Crippen molar-refractivity contribution in [1.29, 1.82) is 0 Å². The largest absolute Gasteiger partial charge is 0.478 e. The Hall–Kier alpha value is -2.33. The van der Waals surface area contributed by atoms with Crippen LogP contribution in [0.25, 0.3) is 0 Å². The summed E-state index contributed by atoms with van der Waals surface area (Å²) in [5.41, 5.74) is 4.76. The Kier molecular flexibility index (Phi) is 5.99. The lowest BCUT2D eigenvalue weighted by molar-refractivity contribution is -0.110. The van der Waals surface area contributed by atoms with Gasteiger partial charge in [0.2, 0.25) is 6.41 Å². The van der Waals surface area contributed by atoms with Gasteiger partial charge < -0.3 is 10.4 Å². The Morgan fingerprint density at radius 1 is 1.29 bits per heavy atom. The minimum atomic E-state index is -0.936. The molecule has 0 spiro atoms. The van der Waals surface area contributed by atoms with E-state index in [0.29, 0.717) is 6.41 Å². The van der Waals surface area contributed by atoms with Crippen LogP contribution in [0.2, 0.25) is 5.02 Å². The molecule has 0 fully saturated rings. The van der Waals surface area contributed by atoms with Gasteiger partial charge in [-0.3, -0.25) is 4.79 Å². The number of rotatable bonds is 3. The summed E-state index contributed by atoms with van der Waals surface area (Å²) in [4.78, 5) is 21.1. The predicted octanol–water partition coefficient (Wildman–Crippen LogP) is 4.07. The number of carbonyl (C=O) groups is 2. The number of nitrogens with one attached hydrogen (secondary N) is 1. The number of carbonyl (C=O) groups excluding carboxylic acids is 1. The average molecular weight is 346 g/mol. The summed E-state index contributed by atoms with van der Waals surface area (Å²) in [5, 5.41) is 12.4. The molecule has 1 aliphatic carbocycles. The SMILES string of the molecule is Cc1cccc(Cl)c1C.O=CNC1CCc2ccc(C(=O)O)cc21. The lowest BCUT2D eigenvalue weighted by Gasteiger charge is -2.10. The highest BCUT2D eigenvalue weighted by molar-refractivity contribution is 6.31. The minimum Gasteiger partial charge on any atom is -0.478 e. The minimum absolute atomic E-state index is 0.0307. The Bertz CT molecular complexity index is 738. The third-order valence-electron chi connectivity index (χ3n) is 4.28. The number of carboxylic acids is 1. The van der Waals surface area contributed by atoms with E-state index in [4.69, 9.17) is 16.7 Å². The van der Waals surface area contributed by atoms with Crippen molar-refractivity contribution in [2.75, 3.05) is 0 Å². The van der Waals surface area contributed by atoms with Gasteiger partial charge in [-0.15, -0.1) is 0 Å². The molecule has 0 heterocycles. The molecule has 4 nitrogen and oxygen atoms in total. The van der Waals surface area contributed by atoms with Crippen molar-refractivity contribution in [3.05, 3.63) is 69.2 Å². The van der Waals surface area contributed by atoms with E-state index in [1.165, 1.54) is 11.1 Å². The van der Waals surface area contributed by atoms with Crippen molar-refractivity contribution in [3.8, 4) is 0 Å². The monoisotopic (exact) mass is 345 g/mol. The van der Waals surface area contributed by atoms with Gasteiger partial charge in [0.05, 0.1) is 11.6 Å². The molecule has 24 heavy (non-hydrogen) atoms. The molecule has 0 aliphatic heterocycles. The van der Waals surface area contributed by atoms with E-state index in [-0.39, 0.29) is 11.6 Å². The number of fused-ring (bicyclic) bond motifs is 1. The predicted molar refractivity (Wildman–Crippen MR) is 94.6 cm³/mol. The highest BCUT2D eigenvalue weighted by atomic mass is 35.5. The van der Waals surface area contributed by atoms with Crippen LogP contribution in [-0.2, 0) is 11.2 Å². The quantitative estimate of drug-likeness (QED) is 0.824. The molecule has 0 radical (unpaired) electrons. The third-order valence-corrected chi connectivity index (χ3v) is 4.69. The second kappa shape index (κ2) is 7.97. The second-order valence-corrected chi connectivity index (χ2v) is 6.18. The van der Waals surface area contributed by atoms with E-state index in [9.17, 15) is 9.59 Å². The van der Waals surface area contributed by atoms with Crippen molar-refractivity contribution >= 4 is 24.0 Å². The number of hydrogen-bond acceptors (Lipinski definition) is 2. The first-order valence-electron chi connectivity index (χ1n) is 7.71. The van der Waals surface area contributed by atoms with E-state index >= 15 is 0 Å². The molecule has 126 valence electrons. The molecule has 0 saturated heterocycles. The molecule has 0 bridgehead atoms. The van der Waals surface area contributed by atoms with Crippen LogP contribution in [0.4, 0.5) is 0 Å². The number of amides is 1. The van der Waals surface area contributed by atoms with Gasteiger partial charge in [0.1, 0.15) is 0 Å². The molecular formula is C19H20ClNO3. The summed E-state index contributed by atoms with van der Waals surface area (Å²) < 4.78 is 0. The van der Waals surface area contributed by atoms with Gasteiger partial charge in [-0.1, -0.05) is 29.8 Å². The summed E-state index contributed by atoms with van der Waals surface area (Å²) in [6, 6.07) is 11.0.